The van der Waals surface area contributed by atoms with Gasteiger partial charge < -0.3 is 15.1 Å². The quantitative estimate of drug-likeness (QED) is 0.915. The number of hydrogen-bond donors (Lipinski definition) is 1. The molecule has 1 aliphatic rings. The minimum absolute atomic E-state index is 0.120. The highest BCUT2D eigenvalue weighted by Gasteiger charge is 2.22. The second-order valence-electron chi connectivity index (χ2n) is 6.17. The zero-order valence-electron chi connectivity index (χ0n) is 14.3. The number of aromatic nitrogens is 1. The lowest BCUT2D eigenvalue weighted by Crippen LogP contribution is -2.47. The number of rotatable bonds is 4. The molecule has 1 aliphatic heterocycles. The molecule has 0 radical (unpaired) electrons. The van der Waals surface area contributed by atoms with Crippen LogP contribution in [0.2, 0.25) is 0 Å². The molecule has 0 atom stereocenters. The maximum atomic E-state index is 12.6. The van der Waals surface area contributed by atoms with Crippen molar-refractivity contribution in [1.82, 2.24) is 20.1 Å². The molecule has 6 nitrogen and oxygen atoms in total. The van der Waals surface area contributed by atoms with E-state index < -0.39 is 0 Å². The molecule has 1 aromatic carbocycles. The Morgan fingerprint density at radius 3 is 2.36 bits per heavy atom. The van der Waals surface area contributed by atoms with Gasteiger partial charge in [-0.25, -0.2) is 4.98 Å². The fourth-order valence-electron chi connectivity index (χ4n) is 2.72. The molecule has 2 amide bonds. The normalized spacial score (nSPS) is 15.0. The third kappa shape index (κ3) is 4.42. The molecule has 25 heavy (non-hydrogen) atoms. The van der Waals surface area contributed by atoms with Crippen molar-refractivity contribution < 1.29 is 9.59 Å². The van der Waals surface area contributed by atoms with Crippen LogP contribution in [0.15, 0.2) is 48.5 Å². The van der Waals surface area contributed by atoms with Gasteiger partial charge in [0.15, 0.2) is 0 Å². The number of hydrogen-bond acceptors (Lipinski definition) is 4. The Bertz CT molecular complexity index is 740. The minimum atomic E-state index is -0.281. The number of likely N-dealkylation sites (N-methyl/N-ethyl adjacent to an activating group) is 1. The van der Waals surface area contributed by atoms with Gasteiger partial charge in [0.25, 0.3) is 11.8 Å². The maximum Gasteiger partial charge on any atom is 0.272 e. The summed E-state index contributed by atoms with van der Waals surface area (Å²) in [5, 5.41) is 2.83. The lowest BCUT2D eigenvalue weighted by atomic mass is 10.2. The van der Waals surface area contributed by atoms with Gasteiger partial charge in [-0.2, -0.15) is 0 Å². The van der Waals surface area contributed by atoms with E-state index in [9.17, 15) is 9.59 Å². The van der Waals surface area contributed by atoms with E-state index in [1.807, 2.05) is 37.4 Å². The first-order valence-corrected chi connectivity index (χ1v) is 8.40. The second kappa shape index (κ2) is 7.90. The Kier molecular flexibility index (Phi) is 5.40. The third-order valence-electron chi connectivity index (χ3n) is 4.29. The van der Waals surface area contributed by atoms with E-state index >= 15 is 0 Å². The van der Waals surface area contributed by atoms with E-state index in [2.05, 4.69) is 15.2 Å². The minimum Gasteiger partial charge on any atom is -0.347 e. The maximum absolute atomic E-state index is 12.6. The van der Waals surface area contributed by atoms with Crippen LogP contribution >= 0.6 is 0 Å². The molecule has 0 aliphatic carbocycles. The number of nitrogens with one attached hydrogen (secondary N) is 1. The molecule has 2 heterocycles. The van der Waals surface area contributed by atoms with Crippen LogP contribution in [0.5, 0.6) is 0 Å². The summed E-state index contributed by atoms with van der Waals surface area (Å²) in [7, 11) is 2.04. The number of carbonyl (C=O) groups is 2. The lowest BCUT2D eigenvalue weighted by Gasteiger charge is -2.32. The van der Waals surface area contributed by atoms with Gasteiger partial charge in [0.05, 0.1) is 0 Å². The summed E-state index contributed by atoms with van der Waals surface area (Å²) in [4.78, 5) is 33.1. The van der Waals surface area contributed by atoms with Gasteiger partial charge in [0.2, 0.25) is 0 Å². The molecule has 0 unspecified atom stereocenters. The molecular formula is C19H22N4O2. The Labute approximate surface area is 147 Å². The van der Waals surface area contributed by atoms with Crippen LogP contribution in [0.1, 0.15) is 26.5 Å². The first-order valence-electron chi connectivity index (χ1n) is 8.40. The predicted molar refractivity (Wildman–Crippen MR) is 95.2 cm³/mol. The van der Waals surface area contributed by atoms with Crippen LogP contribution < -0.4 is 5.32 Å². The van der Waals surface area contributed by atoms with E-state index in [1.165, 1.54) is 0 Å². The molecule has 1 fully saturated rings. The molecule has 0 spiro atoms. The highest BCUT2D eigenvalue weighted by atomic mass is 16.2. The summed E-state index contributed by atoms with van der Waals surface area (Å²) in [6.45, 7) is 3.49. The van der Waals surface area contributed by atoms with Crippen molar-refractivity contribution in [3.05, 3.63) is 65.5 Å². The second-order valence-corrected chi connectivity index (χ2v) is 6.17. The number of nitrogens with zero attached hydrogens (tertiary/aromatic N) is 3. The number of pyridine rings is 1. The Morgan fingerprint density at radius 2 is 1.64 bits per heavy atom. The van der Waals surface area contributed by atoms with Crippen molar-refractivity contribution in [2.45, 2.75) is 6.54 Å². The zero-order chi connectivity index (χ0) is 17.6. The Balaban J connectivity index is 1.64. The van der Waals surface area contributed by atoms with Gasteiger partial charge >= 0.3 is 0 Å². The molecule has 0 saturated carbocycles. The van der Waals surface area contributed by atoms with Crippen LogP contribution in [-0.2, 0) is 6.54 Å². The number of amides is 2. The van der Waals surface area contributed by atoms with E-state index in [-0.39, 0.29) is 17.5 Å². The number of carbonyl (C=O) groups excluding carboxylic acids is 2. The molecule has 0 bridgehead atoms. The fraction of sp³-hybridized carbons (Fsp3) is 0.316. The van der Waals surface area contributed by atoms with Crippen molar-refractivity contribution in [1.29, 1.82) is 0 Å². The summed E-state index contributed by atoms with van der Waals surface area (Å²) < 4.78 is 0. The van der Waals surface area contributed by atoms with Gasteiger partial charge in [-0.05, 0) is 24.7 Å². The van der Waals surface area contributed by atoms with Crippen LogP contribution in [-0.4, -0.2) is 59.8 Å². The summed E-state index contributed by atoms with van der Waals surface area (Å²) in [5.41, 5.74) is 1.59. The average Bonchev–Trinajstić information content (AvgIpc) is 2.67. The topological polar surface area (TPSA) is 65.5 Å². The summed E-state index contributed by atoms with van der Waals surface area (Å²) in [6, 6.07) is 14.7. The fourth-order valence-corrected chi connectivity index (χ4v) is 2.72. The summed E-state index contributed by atoms with van der Waals surface area (Å²) in [6.07, 6.45) is 0. The highest BCUT2D eigenvalue weighted by molar-refractivity contribution is 5.96. The molecule has 1 N–H and O–H groups in total. The molecule has 3 rings (SSSR count). The van der Waals surface area contributed by atoms with Crippen LogP contribution in [0, 0.1) is 0 Å². The molecular weight excluding hydrogens is 316 g/mol. The van der Waals surface area contributed by atoms with Crippen molar-refractivity contribution in [3.8, 4) is 0 Å². The van der Waals surface area contributed by atoms with E-state index in [0.29, 0.717) is 25.3 Å². The predicted octanol–water partition coefficient (Wildman–Crippen LogP) is 1.40. The molecule has 1 aromatic heterocycles. The smallest absolute Gasteiger partial charge is 0.272 e. The zero-order valence-corrected chi connectivity index (χ0v) is 14.3. The first kappa shape index (κ1) is 17.1. The van der Waals surface area contributed by atoms with Crippen molar-refractivity contribution in [2.24, 2.45) is 0 Å². The largest absolute Gasteiger partial charge is 0.347 e. The number of piperazine rings is 1. The monoisotopic (exact) mass is 338 g/mol. The van der Waals surface area contributed by atoms with Crippen LogP contribution in [0.4, 0.5) is 0 Å². The van der Waals surface area contributed by atoms with Crippen molar-refractivity contribution in [3.63, 3.8) is 0 Å². The Morgan fingerprint density at radius 1 is 0.960 bits per heavy atom. The number of benzene rings is 1. The van der Waals surface area contributed by atoms with Gasteiger partial charge in [0.1, 0.15) is 11.4 Å². The molecule has 130 valence electrons. The van der Waals surface area contributed by atoms with Gasteiger partial charge in [0, 0.05) is 32.7 Å². The van der Waals surface area contributed by atoms with Crippen molar-refractivity contribution >= 4 is 11.8 Å². The molecule has 6 heteroatoms. The standard InChI is InChI=1S/C19H22N4O2/c1-22-10-12-23(13-11-22)19(25)17-9-5-8-16(21-17)18(24)20-14-15-6-3-2-4-7-15/h2-9H,10-14H2,1H3,(H,20,24). The molecule has 1 saturated heterocycles. The first-order chi connectivity index (χ1) is 12.1. The van der Waals surface area contributed by atoms with Crippen LogP contribution in [0.3, 0.4) is 0 Å². The van der Waals surface area contributed by atoms with Crippen LogP contribution in [0.25, 0.3) is 0 Å². The highest BCUT2D eigenvalue weighted by Crippen LogP contribution is 2.08. The van der Waals surface area contributed by atoms with Gasteiger partial charge in [-0.1, -0.05) is 36.4 Å². The average molecular weight is 338 g/mol. The summed E-state index contributed by atoms with van der Waals surface area (Å²) >= 11 is 0. The van der Waals surface area contributed by atoms with E-state index in [4.69, 9.17) is 0 Å². The van der Waals surface area contributed by atoms with E-state index in [0.717, 1.165) is 18.7 Å². The summed E-state index contributed by atoms with van der Waals surface area (Å²) in [5.74, 6) is -0.400. The van der Waals surface area contributed by atoms with Gasteiger partial charge in [-0.3, -0.25) is 9.59 Å². The SMILES string of the molecule is CN1CCN(C(=O)c2cccc(C(=O)NCc3ccccc3)n2)CC1. The third-order valence-corrected chi connectivity index (χ3v) is 4.29. The van der Waals surface area contributed by atoms with E-state index in [1.54, 1.807) is 23.1 Å². The lowest BCUT2D eigenvalue weighted by molar-refractivity contribution is 0.0658. The Hall–Kier alpha value is -2.73. The van der Waals surface area contributed by atoms with Gasteiger partial charge in [-0.15, -0.1) is 0 Å². The molecule has 2 aromatic rings. The van der Waals surface area contributed by atoms with Crippen molar-refractivity contribution in [2.75, 3.05) is 33.2 Å².